The third-order valence-corrected chi connectivity index (χ3v) is 6.48. The van der Waals surface area contributed by atoms with Crippen LogP contribution in [0.1, 0.15) is 32.6 Å². The molecular formula is C14H24O4P+. The van der Waals surface area contributed by atoms with Gasteiger partial charge in [-0.3, -0.25) is 0 Å². The van der Waals surface area contributed by atoms with Crippen molar-refractivity contribution in [1.29, 1.82) is 0 Å². The molecule has 2 bridgehead atoms. The third kappa shape index (κ3) is 2.73. The normalized spacial score (nSPS) is 41.9. The molecule has 3 aliphatic heterocycles. The first-order valence-electron chi connectivity index (χ1n) is 7.53. The first-order valence-corrected chi connectivity index (χ1v) is 9.16. The van der Waals surface area contributed by atoms with Gasteiger partial charge >= 0.3 is 7.80 Å². The van der Waals surface area contributed by atoms with Crippen molar-refractivity contribution in [3.05, 3.63) is 0 Å². The van der Waals surface area contributed by atoms with Gasteiger partial charge in [-0.1, -0.05) is 11.5 Å². The molecule has 108 valence electrons. The van der Waals surface area contributed by atoms with Gasteiger partial charge in [0.2, 0.25) is 0 Å². The summed E-state index contributed by atoms with van der Waals surface area (Å²) in [6.45, 7) is 4.40. The molecule has 0 aromatic heterocycles. The summed E-state index contributed by atoms with van der Waals surface area (Å²) >= 11 is 0. The van der Waals surface area contributed by atoms with E-state index in [0.29, 0.717) is 25.2 Å². The second kappa shape index (κ2) is 5.77. The van der Waals surface area contributed by atoms with Crippen molar-refractivity contribution < 1.29 is 18.8 Å². The lowest BCUT2D eigenvalue weighted by Crippen LogP contribution is -2.37. The smallest absolute Gasteiger partial charge is 0.339 e. The van der Waals surface area contributed by atoms with Gasteiger partial charge in [0.1, 0.15) is 11.8 Å². The molecule has 3 aliphatic rings. The van der Waals surface area contributed by atoms with Gasteiger partial charge in [0.05, 0.1) is 31.3 Å². The molecule has 0 aromatic carbocycles. The zero-order chi connectivity index (χ0) is 13.3. The van der Waals surface area contributed by atoms with Crippen LogP contribution in [0.2, 0.25) is 0 Å². The lowest BCUT2D eigenvalue weighted by atomic mass is 9.88. The van der Waals surface area contributed by atoms with Crippen LogP contribution in [0.3, 0.4) is 0 Å². The molecule has 0 amide bonds. The van der Waals surface area contributed by atoms with Gasteiger partial charge in [-0.2, -0.15) is 0 Å². The first-order chi connectivity index (χ1) is 9.23. The highest BCUT2D eigenvalue weighted by Gasteiger charge is 2.57. The van der Waals surface area contributed by atoms with E-state index in [1.165, 1.54) is 0 Å². The van der Waals surface area contributed by atoms with Gasteiger partial charge in [0.15, 0.2) is 6.16 Å². The fourth-order valence-electron chi connectivity index (χ4n) is 3.59. The average Bonchev–Trinajstić information content (AvgIpc) is 3.13. The lowest BCUT2D eigenvalue weighted by molar-refractivity contribution is -0.0974. The van der Waals surface area contributed by atoms with Crippen LogP contribution < -0.4 is 0 Å². The fourth-order valence-corrected chi connectivity index (χ4v) is 5.36. The summed E-state index contributed by atoms with van der Waals surface area (Å²) in [4.78, 5) is 0. The summed E-state index contributed by atoms with van der Waals surface area (Å²) in [6, 6.07) is 0. The quantitative estimate of drug-likeness (QED) is 0.704. The maximum Gasteiger partial charge on any atom is 0.339 e. The Balaban J connectivity index is 1.49. The Labute approximate surface area is 116 Å². The van der Waals surface area contributed by atoms with Crippen LogP contribution in [0.4, 0.5) is 0 Å². The van der Waals surface area contributed by atoms with E-state index >= 15 is 0 Å². The van der Waals surface area contributed by atoms with E-state index in [0.717, 1.165) is 44.6 Å². The van der Waals surface area contributed by atoms with Gasteiger partial charge < -0.3 is 14.2 Å². The minimum atomic E-state index is -1.15. The molecule has 5 heteroatoms. The Kier molecular flexibility index (Phi) is 4.23. The molecule has 3 saturated heterocycles. The van der Waals surface area contributed by atoms with Crippen molar-refractivity contribution in [1.82, 2.24) is 0 Å². The van der Waals surface area contributed by atoms with Crippen LogP contribution in [0, 0.1) is 5.92 Å². The largest absolute Gasteiger partial charge is 0.378 e. The molecule has 0 saturated carbocycles. The Morgan fingerprint density at radius 3 is 2.89 bits per heavy atom. The van der Waals surface area contributed by atoms with Gasteiger partial charge in [-0.15, -0.1) is 0 Å². The van der Waals surface area contributed by atoms with Crippen molar-refractivity contribution >= 4 is 7.80 Å². The molecule has 3 rings (SSSR count). The molecule has 5 atom stereocenters. The molecule has 4 nitrogen and oxygen atoms in total. The van der Waals surface area contributed by atoms with E-state index in [1.54, 1.807) is 0 Å². The van der Waals surface area contributed by atoms with Gasteiger partial charge in [-0.05, 0) is 19.3 Å². The zero-order valence-electron chi connectivity index (χ0n) is 11.7. The molecule has 0 radical (unpaired) electrons. The van der Waals surface area contributed by atoms with Crippen LogP contribution in [0.25, 0.3) is 0 Å². The predicted octanol–water partition coefficient (Wildman–Crippen LogP) is 2.58. The van der Waals surface area contributed by atoms with Crippen LogP contribution >= 0.6 is 7.80 Å². The maximum atomic E-state index is 12.3. The monoisotopic (exact) mass is 287 g/mol. The fraction of sp³-hybridized carbons (Fsp3) is 1.00. The lowest BCUT2D eigenvalue weighted by Gasteiger charge is -2.26. The molecule has 3 fully saturated rings. The summed E-state index contributed by atoms with van der Waals surface area (Å²) in [6.07, 6.45) is 6.31. The van der Waals surface area contributed by atoms with E-state index < -0.39 is 7.80 Å². The molecule has 0 N–H and O–H groups in total. The number of hydrogen-bond donors (Lipinski definition) is 0. The third-order valence-electron chi connectivity index (χ3n) is 4.92. The van der Waals surface area contributed by atoms with Crippen molar-refractivity contribution in [3.63, 3.8) is 0 Å². The second-order valence-electron chi connectivity index (χ2n) is 6.00. The van der Waals surface area contributed by atoms with Crippen molar-refractivity contribution in [2.24, 2.45) is 5.92 Å². The van der Waals surface area contributed by atoms with E-state index in [9.17, 15) is 4.57 Å². The van der Waals surface area contributed by atoms with Crippen LogP contribution in [0.15, 0.2) is 0 Å². The molecule has 2 unspecified atom stereocenters. The van der Waals surface area contributed by atoms with E-state index in [1.807, 2.05) is 0 Å². The first kappa shape index (κ1) is 13.9. The number of ether oxygens (including phenoxy) is 3. The molecule has 3 heterocycles. The van der Waals surface area contributed by atoms with Crippen LogP contribution in [-0.4, -0.2) is 50.0 Å². The molecule has 0 aliphatic carbocycles. The van der Waals surface area contributed by atoms with Crippen molar-refractivity contribution in [2.75, 3.05) is 32.1 Å². The average molecular weight is 287 g/mol. The molecule has 19 heavy (non-hydrogen) atoms. The highest BCUT2D eigenvalue weighted by atomic mass is 31.1. The van der Waals surface area contributed by atoms with Crippen molar-refractivity contribution in [2.45, 2.75) is 50.4 Å². The zero-order valence-corrected chi connectivity index (χ0v) is 12.6. The minimum Gasteiger partial charge on any atom is -0.378 e. The van der Waals surface area contributed by atoms with Gasteiger partial charge in [0, 0.05) is 13.0 Å². The maximum absolute atomic E-state index is 12.3. The Morgan fingerprint density at radius 2 is 2.26 bits per heavy atom. The second-order valence-corrected chi connectivity index (χ2v) is 7.77. The Hall–Kier alpha value is -0.0200. The van der Waals surface area contributed by atoms with E-state index in [4.69, 9.17) is 14.2 Å². The summed E-state index contributed by atoms with van der Waals surface area (Å²) in [7, 11) is -1.15. The van der Waals surface area contributed by atoms with E-state index in [-0.39, 0.29) is 11.7 Å². The summed E-state index contributed by atoms with van der Waals surface area (Å²) < 4.78 is 29.6. The SMILES string of the molecule is CC[C@@]12CO[C@H](CO1)C2C[P+](=O)CC[C@@H]1CCCO1. The number of hydrogen-bond acceptors (Lipinski definition) is 4. The minimum absolute atomic E-state index is 0.139. The summed E-state index contributed by atoms with van der Waals surface area (Å²) in [5.74, 6) is 0.339. The van der Waals surface area contributed by atoms with Gasteiger partial charge in [0.25, 0.3) is 0 Å². The van der Waals surface area contributed by atoms with Crippen LogP contribution in [-0.2, 0) is 18.8 Å². The van der Waals surface area contributed by atoms with Gasteiger partial charge in [-0.25, -0.2) is 0 Å². The highest BCUT2D eigenvalue weighted by molar-refractivity contribution is 7.44. The number of fused-ring (bicyclic) bond motifs is 2. The summed E-state index contributed by atoms with van der Waals surface area (Å²) in [5, 5.41) is 0. The van der Waals surface area contributed by atoms with Crippen LogP contribution in [0.5, 0.6) is 0 Å². The molecule has 0 spiro atoms. The summed E-state index contributed by atoms with van der Waals surface area (Å²) in [5.41, 5.74) is -0.139. The topological polar surface area (TPSA) is 44.8 Å². The Morgan fingerprint density at radius 1 is 1.37 bits per heavy atom. The molecular weight excluding hydrogens is 263 g/mol. The highest BCUT2D eigenvalue weighted by Crippen LogP contribution is 2.47. The van der Waals surface area contributed by atoms with E-state index in [2.05, 4.69) is 6.92 Å². The number of rotatable bonds is 6. The van der Waals surface area contributed by atoms with Crippen molar-refractivity contribution in [3.8, 4) is 0 Å². The standard InChI is InChI=1S/C14H24O4P/c1-2-14-10-17-13(8-18-14)12(14)9-19(15)7-5-11-4-3-6-16-11/h11-13H,2-10H2,1H3/q+1/t11-,12?,13+,14-/m0/s1. The Bertz CT molecular complexity index is 332. The molecule has 0 aromatic rings. The predicted molar refractivity (Wildman–Crippen MR) is 73.1 cm³/mol.